The van der Waals surface area contributed by atoms with Gasteiger partial charge in [-0.1, -0.05) is 25.3 Å². The van der Waals surface area contributed by atoms with Crippen molar-refractivity contribution in [2.24, 2.45) is 0 Å². The van der Waals surface area contributed by atoms with E-state index in [1.54, 1.807) is 0 Å². The van der Waals surface area contributed by atoms with Crippen LogP contribution in [-0.2, 0) is 6.54 Å². The quantitative estimate of drug-likeness (QED) is 0.860. The van der Waals surface area contributed by atoms with E-state index in [1.165, 1.54) is 48.8 Å². The lowest BCUT2D eigenvalue weighted by molar-refractivity contribution is 0.337. The smallest absolute Gasteiger partial charge is 0.122 e. The van der Waals surface area contributed by atoms with E-state index in [-0.39, 0.29) is 0 Å². The van der Waals surface area contributed by atoms with Crippen LogP contribution in [0.4, 0.5) is 0 Å². The van der Waals surface area contributed by atoms with E-state index in [0.29, 0.717) is 0 Å². The SMILES string of the molecule is CCOc1cc(C)c(CNC2CCCCC2)cc1C. The Labute approximate surface area is 117 Å². The van der Waals surface area contributed by atoms with Crippen molar-refractivity contribution in [2.45, 2.75) is 65.5 Å². The van der Waals surface area contributed by atoms with Crippen LogP contribution in [-0.4, -0.2) is 12.6 Å². The Morgan fingerprint density at radius 3 is 2.53 bits per heavy atom. The van der Waals surface area contributed by atoms with Crippen LogP contribution in [0.1, 0.15) is 55.7 Å². The Hall–Kier alpha value is -1.02. The molecule has 0 heterocycles. The van der Waals surface area contributed by atoms with Crippen molar-refractivity contribution >= 4 is 0 Å². The molecule has 1 fully saturated rings. The Morgan fingerprint density at radius 1 is 1.11 bits per heavy atom. The van der Waals surface area contributed by atoms with Gasteiger partial charge in [0.15, 0.2) is 0 Å². The van der Waals surface area contributed by atoms with E-state index < -0.39 is 0 Å². The first-order valence-electron chi connectivity index (χ1n) is 7.67. The highest BCUT2D eigenvalue weighted by molar-refractivity contribution is 5.41. The van der Waals surface area contributed by atoms with Crippen molar-refractivity contribution in [1.29, 1.82) is 0 Å². The van der Waals surface area contributed by atoms with E-state index in [2.05, 4.69) is 31.3 Å². The molecule has 0 unspecified atom stereocenters. The Morgan fingerprint density at radius 2 is 1.84 bits per heavy atom. The molecule has 2 nitrogen and oxygen atoms in total. The highest BCUT2D eigenvalue weighted by Gasteiger charge is 2.13. The van der Waals surface area contributed by atoms with Gasteiger partial charge in [0.25, 0.3) is 0 Å². The molecule has 0 saturated heterocycles. The second-order valence-corrected chi connectivity index (χ2v) is 5.69. The van der Waals surface area contributed by atoms with E-state index in [1.807, 2.05) is 6.92 Å². The predicted octanol–water partition coefficient (Wildman–Crippen LogP) is 4.12. The molecule has 2 heteroatoms. The zero-order valence-electron chi connectivity index (χ0n) is 12.6. The molecule has 19 heavy (non-hydrogen) atoms. The molecule has 1 aromatic carbocycles. The third-order valence-electron chi connectivity index (χ3n) is 4.12. The summed E-state index contributed by atoms with van der Waals surface area (Å²) in [5.41, 5.74) is 3.98. The van der Waals surface area contributed by atoms with Gasteiger partial charge in [0.05, 0.1) is 6.61 Å². The van der Waals surface area contributed by atoms with Crippen molar-refractivity contribution < 1.29 is 4.74 Å². The highest BCUT2D eigenvalue weighted by Crippen LogP contribution is 2.24. The molecule has 1 N–H and O–H groups in total. The zero-order valence-corrected chi connectivity index (χ0v) is 12.6. The van der Waals surface area contributed by atoms with Crippen LogP contribution in [0, 0.1) is 13.8 Å². The van der Waals surface area contributed by atoms with Gasteiger partial charge < -0.3 is 10.1 Å². The largest absolute Gasteiger partial charge is 0.494 e. The minimum absolute atomic E-state index is 0.722. The number of benzene rings is 1. The predicted molar refractivity (Wildman–Crippen MR) is 80.8 cm³/mol. The number of hydrogen-bond acceptors (Lipinski definition) is 2. The molecular weight excluding hydrogens is 234 g/mol. The molecule has 0 radical (unpaired) electrons. The summed E-state index contributed by atoms with van der Waals surface area (Å²) in [4.78, 5) is 0. The van der Waals surface area contributed by atoms with Crippen molar-refractivity contribution in [3.63, 3.8) is 0 Å². The Bertz CT molecular complexity index is 408. The van der Waals surface area contributed by atoms with Crippen molar-refractivity contribution in [3.8, 4) is 5.75 Å². The van der Waals surface area contributed by atoms with Crippen LogP contribution < -0.4 is 10.1 Å². The second kappa shape index (κ2) is 6.95. The fourth-order valence-corrected chi connectivity index (χ4v) is 2.91. The minimum atomic E-state index is 0.722. The van der Waals surface area contributed by atoms with E-state index >= 15 is 0 Å². The summed E-state index contributed by atoms with van der Waals surface area (Å²) in [6.07, 6.45) is 6.88. The summed E-state index contributed by atoms with van der Waals surface area (Å²) in [5.74, 6) is 1.03. The molecule has 1 saturated carbocycles. The highest BCUT2D eigenvalue weighted by atomic mass is 16.5. The Balaban J connectivity index is 1.97. The molecule has 1 aliphatic rings. The maximum absolute atomic E-state index is 5.65. The van der Waals surface area contributed by atoms with E-state index in [4.69, 9.17) is 4.74 Å². The number of hydrogen-bond donors (Lipinski definition) is 1. The molecule has 0 aliphatic heterocycles. The normalized spacial score (nSPS) is 16.6. The molecule has 2 rings (SSSR count). The van der Waals surface area contributed by atoms with Crippen molar-refractivity contribution in [3.05, 3.63) is 28.8 Å². The molecule has 0 amide bonds. The van der Waals surface area contributed by atoms with Gasteiger partial charge in [-0.3, -0.25) is 0 Å². The van der Waals surface area contributed by atoms with Crippen LogP contribution in [0.25, 0.3) is 0 Å². The fraction of sp³-hybridized carbons (Fsp3) is 0.647. The zero-order chi connectivity index (χ0) is 13.7. The molecule has 0 bridgehead atoms. The van der Waals surface area contributed by atoms with Gasteiger partial charge in [0, 0.05) is 12.6 Å². The monoisotopic (exact) mass is 261 g/mol. The number of rotatable bonds is 5. The fourth-order valence-electron chi connectivity index (χ4n) is 2.91. The molecule has 0 aromatic heterocycles. The molecule has 1 aromatic rings. The summed E-state index contributed by atoms with van der Waals surface area (Å²) < 4.78 is 5.65. The lowest BCUT2D eigenvalue weighted by Gasteiger charge is -2.23. The molecular formula is C17H27NO. The van der Waals surface area contributed by atoms with Gasteiger partial charge in [-0.2, -0.15) is 0 Å². The third kappa shape index (κ3) is 3.97. The molecule has 0 atom stereocenters. The topological polar surface area (TPSA) is 21.3 Å². The second-order valence-electron chi connectivity index (χ2n) is 5.69. The first-order valence-corrected chi connectivity index (χ1v) is 7.67. The summed E-state index contributed by atoms with van der Waals surface area (Å²) in [6, 6.07) is 5.17. The first kappa shape index (κ1) is 14.4. The average Bonchev–Trinajstić information content (AvgIpc) is 2.42. The summed E-state index contributed by atoms with van der Waals surface area (Å²) >= 11 is 0. The summed E-state index contributed by atoms with van der Waals surface area (Å²) in [7, 11) is 0. The maximum atomic E-state index is 5.65. The minimum Gasteiger partial charge on any atom is -0.494 e. The van der Waals surface area contributed by atoms with E-state index in [9.17, 15) is 0 Å². The Kier molecular flexibility index (Phi) is 5.26. The molecule has 1 aliphatic carbocycles. The third-order valence-corrected chi connectivity index (χ3v) is 4.12. The first-order chi connectivity index (χ1) is 9.20. The van der Waals surface area contributed by atoms with Gasteiger partial charge in [-0.25, -0.2) is 0 Å². The maximum Gasteiger partial charge on any atom is 0.122 e. The van der Waals surface area contributed by atoms with Gasteiger partial charge in [-0.15, -0.1) is 0 Å². The summed E-state index contributed by atoms with van der Waals surface area (Å²) in [5, 5.41) is 3.72. The van der Waals surface area contributed by atoms with Gasteiger partial charge >= 0.3 is 0 Å². The standard InChI is InChI=1S/C17H27NO/c1-4-19-17-11-13(2)15(10-14(17)3)12-18-16-8-6-5-7-9-16/h10-11,16,18H,4-9,12H2,1-3H3. The van der Waals surface area contributed by atoms with Gasteiger partial charge in [0.1, 0.15) is 5.75 Å². The number of ether oxygens (including phenoxy) is 1. The van der Waals surface area contributed by atoms with Crippen LogP contribution in [0.2, 0.25) is 0 Å². The number of aryl methyl sites for hydroxylation is 2. The van der Waals surface area contributed by atoms with Crippen LogP contribution in [0.5, 0.6) is 5.75 Å². The average molecular weight is 261 g/mol. The van der Waals surface area contributed by atoms with Crippen molar-refractivity contribution in [2.75, 3.05) is 6.61 Å². The lowest BCUT2D eigenvalue weighted by atomic mass is 9.95. The molecule has 0 spiro atoms. The van der Waals surface area contributed by atoms with Crippen LogP contribution >= 0.6 is 0 Å². The van der Waals surface area contributed by atoms with Crippen molar-refractivity contribution in [1.82, 2.24) is 5.32 Å². The van der Waals surface area contributed by atoms with Crippen LogP contribution in [0.15, 0.2) is 12.1 Å². The number of nitrogens with one attached hydrogen (secondary N) is 1. The summed E-state index contributed by atoms with van der Waals surface area (Å²) in [6.45, 7) is 8.07. The van der Waals surface area contributed by atoms with Crippen LogP contribution in [0.3, 0.4) is 0 Å². The lowest BCUT2D eigenvalue weighted by Crippen LogP contribution is -2.30. The van der Waals surface area contributed by atoms with Gasteiger partial charge in [-0.05, 0) is 56.4 Å². The van der Waals surface area contributed by atoms with E-state index in [0.717, 1.165) is 24.9 Å². The molecule has 106 valence electrons. The van der Waals surface area contributed by atoms with Gasteiger partial charge in [0.2, 0.25) is 0 Å².